The Morgan fingerprint density at radius 3 is 1.78 bits per heavy atom. The summed E-state index contributed by atoms with van der Waals surface area (Å²) in [5.74, 6) is 1.42. The molecule has 36 heavy (non-hydrogen) atoms. The largest absolute Gasteiger partial charge is 0.354 e. The number of nitrogens with one attached hydrogen (secondary N) is 2. The maximum Gasteiger partial charge on any atom is 0.220 e. The van der Waals surface area contributed by atoms with Crippen LogP contribution in [0, 0.1) is 0 Å². The summed E-state index contributed by atoms with van der Waals surface area (Å²) in [6.45, 7) is 3.16. The first-order valence-corrected chi connectivity index (χ1v) is 16.2. The maximum atomic E-state index is 11.9. The van der Waals surface area contributed by atoms with E-state index in [1.807, 2.05) is 21.6 Å². The summed E-state index contributed by atoms with van der Waals surface area (Å²) in [5, 5.41) is 6.58. The fourth-order valence-corrected chi connectivity index (χ4v) is 6.58. The molecule has 0 aliphatic carbocycles. The molecule has 1 fully saturated rings. The van der Waals surface area contributed by atoms with E-state index in [9.17, 15) is 9.59 Å². The van der Waals surface area contributed by atoms with Crippen molar-refractivity contribution >= 4 is 33.4 Å². The van der Waals surface area contributed by atoms with Crippen molar-refractivity contribution in [1.82, 2.24) is 10.6 Å². The summed E-state index contributed by atoms with van der Waals surface area (Å²) in [6, 6.07) is 0. The molecule has 1 atom stereocenters. The van der Waals surface area contributed by atoms with Crippen LogP contribution in [0.15, 0.2) is 60.8 Å². The van der Waals surface area contributed by atoms with Gasteiger partial charge in [-0.15, -0.1) is 0 Å². The molecule has 2 amide bonds. The normalized spacial score (nSPS) is 16.4. The Bertz CT molecular complexity index is 708. The van der Waals surface area contributed by atoms with Gasteiger partial charge < -0.3 is 10.6 Å². The molecule has 0 unspecified atom stereocenters. The monoisotopic (exact) mass is 532 g/mol. The lowest BCUT2D eigenvalue weighted by Gasteiger charge is -2.08. The summed E-state index contributed by atoms with van der Waals surface area (Å²) in [6.07, 6.45) is 34.4. The number of carbonyl (C=O) groups excluding carboxylic acids is 2. The maximum absolute atomic E-state index is 11.9. The van der Waals surface area contributed by atoms with Crippen molar-refractivity contribution in [1.29, 1.82) is 0 Å². The van der Waals surface area contributed by atoms with E-state index in [-0.39, 0.29) is 11.8 Å². The molecule has 1 aliphatic heterocycles. The zero-order valence-corrected chi connectivity index (χ0v) is 23.9. The lowest BCUT2D eigenvalue weighted by Crippen LogP contribution is -2.34. The number of unbranched alkanes of at least 4 members (excludes halogenated alkanes) is 2. The molecule has 4 nitrogen and oxygen atoms in total. The van der Waals surface area contributed by atoms with Crippen molar-refractivity contribution in [2.45, 2.75) is 95.6 Å². The first-order valence-electron chi connectivity index (χ1n) is 13.8. The van der Waals surface area contributed by atoms with Gasteiger partial charge in [0.2, 0.25) is 11.8 Å². The van der Waals surface area contributed by atoms with Gasteiger partial charge in [-0.1, -0.05) is 95.7 Å². The fourth-order valence-electron chi connectivity index (χ4n) is 3.55. The average molecular weight is 533 g/mol. The molecule has 0 radical (unpaired) electrons. The highest BCUT2D eigenvalue weighted by Crippen LogP contribution is 2.39. The third-order valence-electron chi connectivity index (χ3n) is 5.61. The quantitative estimate of drug-likeness (QED) is 0.0897. The zero-order chi connectivity index (χ0) is 25.9. The van der Waals surface area contributed by atoms with Gasteiger partial charge in [0, 0.05) is 36.9 Å². The van der Waals surface area contributed by atoms with E-state index < -0.39 is 0 Å². The van der Waals surface area contributed by atoms with Crippen LogP contribution in [0.4, 0.5) is 0 Å². The highest BCUT2D eigenvalue weighted by molar-refractivity contribution is 8.77. The standard InChI is InChI=1S/C30H48N2O2S2/c1-2-3-4-5-6-7-8-9-10-11-12-13-14-15-16-17-18-22-29(33)31-25-26-32-30(34)23-20-19-21-28-24-27-35-36-28/h3-4,6-7,9-10,12-13,15-16,28H,2,5,8,11,14,17-27H2,1H3,(H,31,33)(H,32,34)/b4-3-,7-6-,10-9-,13-12-,16-15-/t28-/m1/s1. The van der Waals surface area contributed by atoms with Gasteiger partial charge in [0.05, 0.1) is 0 Å². The summed E-state index contributed by atoms with van der Waals surface area (Å²) in [5.41, 5.74) is 0. The summed E-state index contributed by atoms with van der Waals surface area (Å²) in [4.78, 5) is 23.8. The molecule has 0 aromatic heterocycles. The number of carbonyl (C=O) groups is 2. The van der Waals surface area contributed by atoms with Gasteiger partial charge in [-0.3, -0.25) is 9.59 Å². The summed E-state index contributed by atoms with van der Waals surface area (Å²) >= 11 is 0. The SMILES string of the molecule is CC/C=C\C/C=C\C/C=C\C/C=C\C/C=C\CCCC(=O)NCCNC(=O)CCCC[C@@H]1CCSS1. The first kappa shape index (κ1) is 32.4. The van der Waals surface area contributed by atoms with E-state index in [2.05, 4.69) is 78.3 Å². The Morgan fingerprint density at radius 2 is 1.25 bits per heavy atom. The van der Waals surface area contributed by atoms with Gasteiger partial charge in [-0.2, -0.15) is 0 Å². The Kier molecular flexibility index (Phi) is 22.5. The van der Waals surface area contributed by atoms with Crippen molar-refractivity contribution in [3.63, 3.8) is 0 Å². The molecule has 1 saturated heterocycles. The van der Waals surface area contributed by atoms with Crippen LogP contribution in [0.25, 0.3) is 0 Å². The number of rotatable bonds is 21. The zero-order valence-electron chi connectivity index (χ0n) is 22.3. The summed E-state index contributed by atoms with van der Waals surface area (Å²) in [7, 11) is 3.97. The van der Waals surface area contributed by atoms with Crippen LogP contribution in [0.3, 0.4) is 0 Å². The molecule has 0 spiro atoms. The number of allylic oxidation sites excluding steroid dienone is 10. The molecule has 1 aliphatic rings. The van der Waals surface area contributed by atoms with E-state index in [0.29, 0.717) is 25.9 Å². The highest BCUT2D eigenvalue weighted by Gasteiger charge is 2.15. The second kappa shape index (κ2) is 25.0. The molecule has 0 aromatic carbocycles. The van der Waals surface area contributed by atoms with Gasteiger partial charge in [-0.25, -0.2) is 0 Å². The lowest BCUT2D eigenvalue weighted by atomic mass is 10.1. The van der Waals surface area contributed by atoms with E-state index in [1.165, 1.54) is 18.6 Å². The van der Waals surface area contributed by atoms with Gasteiger partial charge in [-0.05, 0) is 64.2 Å². The second-order valence-corrected chi connectivity index (χ2v) is 11.7. The minimum absolute atomic E-state index is 0.0588. The number of hydrogen-bond acceptors (Lipinski definition) is 4. The first-order chi connectivity index (χ1) is 17.7. The lowest BCUT2D eigenvalue weighted by molar-refractivity contribution is -0.123. The van der Waals surface area contributed by atoms with Crippen LogP contribution in [-0.2, 0) is 9.59 Å². The molecule has 0 bridgehead atoms. The van der Waals surface area contributed by atoms with Crippen molar-refractivity contribution < 1.29 is 9.59 Å². The molecule has 202 valence electrons. The molecular weight excluding hydrogens is 484 g/mol. The van der Waals surface area contributed by atoms with Crippen LogP contribution >= 0.6 is 21.6 Å². The van der Waals surface area contributed by atoms with E-state index in [4.69, 9.17) is 0 Å². The topological polar surface area (TPSA) is 58.2 Å². The fraction of sp³-hybridized carbons (Fsp3) is 0.600. The van der Waals surface area contributed by atoms with Crippen LogP contribution in [0.1, 0.15) is 90.4 Å². The predicted molar refractivity (Wildman–Crippen MR) is 161 cm³/mol. The highest BCUT2D eigenvalue weighted by atomic mass is 33.1. The minimum Gasteiger partial charge on any atom is -0.354 e. The third-order valence-corrected chi connectivity index (χ3v) is 8.62. The Labute approximate surface area is 228 Å². The number of amides is 2. The van der Waals surface area contributed by atoms with Crippen molar-refractivity contribution in [3.8, 4) is 0 Å². The van der Waals surface area contributed by atoms with Crippen molar-refractivity contribution in [3.05, 3.63) is 60.8 Å². The second-order valence-electron chi connectivity index (χ2n) is 8.87. The Hall–Kier alpha value is -1.66. The Morgan fingerprint density at radius 1 is 0.722 bits per heavy atom. The third kappa shape index (κ3) is 21.6. The van der Waals surface area contributed by atoms with Crippen molar-refractivity contribution in [2.75, 3.05) is 18.8 Å². The molecule has 1 rings (SSSR count). The molecule has 1 heterocycles. The summed E-state index contributed by atoms with van der Waals surface area (Å²) < 4.78 is 0. The predicted octanol–water partition coefficient (Wildman–Crippen LogP) is 7.85. The van der Waals surface area contributed by atoms with Crippen LogP contribution in [0.5, 0.6) is 0 Å². The van der Waals surface area contributed by atoms with Gasteiger partial charge in [0.25, 0.3) is 0 Å². The molecule has 6 heteroatoms. The number of hydrogen-bond donors (Lipinski definition) is 2. The molecular formula is C30H48N2O2S2. The van der Waals surface area contributed by atoms with E-state index >= 15 is 0 Å². The molecule has 0 aromatic rings. The van der Waals surface area contributed by atoms with Crippen molar-refractivity contribution in [2.24, 2.45) is 0 Å². The molecule has 2 N–H and O–H groups in total. The van der Waals surface area contributed by atoms with Crippen LogP contribution < -0.4 is 10.6 Å². The van der Waals surface area contributed by atoms with E-state index in [0.717, 1.165) is 63.0 Å². The minimum atomic E-state index is 0.0588. The van der Waals surface area contributed by atoms with Gasteiger partial charge in [0.1, 0.15) is 0 Å². The Balaban J connectivity index is 1.87. The molecule has 0 saturated carbocycles. The smallest absolute Gasteiger partial charge is 0.220 e. The van der Waals surface area contributed by atoms with E-state index in [1.54, 1.807) is 0 Å². The van der Waals surface area contributed by atoms with Crippen LogP contribution in [0.2, 0.25) is 0 Å². The van der Waals surface area contributed by atoms with Gasteiger partial charge in [0.15, 0.2) is 0 Å². The van der Waals surface area contributed by atoms with Gasteiger partial charge >= 0.3 is 0 Å². The average Bonchev–Trinajstić information content (AvgIpc) is 3.40. The van der Waals surface area contributed by atoms with Crippen LogP contribution in [-0.4, -0.2) is 35.9 Å².